The van der Waals surface area contributed by atoms with E-state index in [4.69, 9.17) is 27.9 Å². The molecule has 0 spiro atoms. The van der Waals surface area contributed by atoms with Crippen LogP contribution in [0.3, 0.4) is 0 Å². The second kappa shape index (κ2) is 17.5. The number of rotatable bonds is 13. The number of pyridine rings is 2. The van der Waals surface area contributed by atoms with E-state index in [-0.39, 0.29) is 60.3 Å². The summed E-state index contributed by atoms with van der Waals surface area (Å²) in [6, 6.07) is 32.9. The van der Waals surface area contributed by atoms with Crippen molar-refractivity contribution in [2.75, 3.05) is 9.44 Å². The number of ether oxygens (including phenoxy) is 1. The quantitative estimate of drug-likeness (QED) is 0.108. The lowest BCUT2D eigenvalue weighted by atomic mass is 9.80. The fourth-order valence-electron chi connectivity index (χ4n) is 5.99. The number of carbonyl (C=O) groups excluding carboxylic acids is 2. The molecule has 2 aliphatic rings. The Morgan fingerprint density at radius 1 is 0.586 bits per heavy atom. The van der Waals surface area contributed by atoms with E-state index < -0.39 is 20.0 Å². The number of benzene rings is 4. The lowest BCUT2D eigenvalue weighted by Gasteiger charge is -2.25. The normalized spacial score (nSPS) is 14.0. The number of hydrogen-bond acceptors (Lipinski definition) is 9. The Morgan fingerprint density at radius 3 is 1.41 bits per heavy atom. The third-order valence-corrected chi connectivity index (χ3v) is 12.6. The lowest BCUT2D eigenvalue weighted by Crippen LogP contribution is -2.17. The summed E-state index contributed by atoms with van der Waals surface area (Å²) >= 11 is 12.0. The Kier molecular flexibility index (Phi) is 12.2. The zero-order valence-electron chi connectivity index (χ0n) is 30.7. The maximum absolute atomic E-state index is 12.9. The Morgan fingerprint density at radius 2 is 1.02 bits per heavy atom. The number of aromatic nitrogens is 2. The van der Waals surface area contributed by atoms with E-state index in [0.717, 1.165) is 31.2 Å². The van der Waals surface area contributed by atoms with E-state index in [1.807, 2.05) is 12.1 Å². The van der Waals surface area contributed by atoms with E-state index in [0.29, 0.717) is 22.8 Å². The standard InChI is InChI=1S/C22H19ClN2O3S.C21H17ClN2O4S/c23-18-13-20(21(26)17-5-2-1-3-6-17)22(24-14-18)25-29(27,28)19-11-9-16(10-12-19)15-7-4-8-15;22-15-12-19(20(25)14-4-2-1-3-5-14)21(23-13-15)24-29(26,27)18-10-8-17(9-11-18)28-16-6-7-16/h1-3,5-6,9-15H,4,7-8H2,(H,24,25);1-5,8-13,16H,6-7H2,(H,23,24). The van der Waals surface area contributed by atoms with Gasteiger partial charge in [-0.25, -0.2) is 26.8 Å². The van der Waals surface area contributed by atoms with Gasteiger partial charge < -0.3 is 4.74 Å². The molecular weight excluding hydrogens is 820 g/mol. The highest BCUT2D eigenvalue weighted by Crippen LogP contribution is 2.37. The molecule has 0 atom stereocenters. The van der Waals surface area contributed by atoms with Gasteiger partial charge in [-0.15, -0.1) is 0 Å². The molecule has 2 aromatic heterocycles. The molecule has 2 aliphatic carbocycles. The number of ketones is 2. The van der Waals surface area contributed by atoms with Crippen LogP contribution in [0.25, 0.3) is 0 Å². The van der Waals surface area contributed by atoms with Crippen molar-refractivity contribution in [1.29, 1.82) is 0 Å². The van der Waals surface area contributed by atoms with Gasteiger partial charge in [-0.05, 0) is 85.7 Å². The van der Waals surface area contributed by atoms with Crippen LogP contribution in [0.2, 0.25) is 10.0 Å². The highest BCUT2D eigenvalue weighted by Gasteiger charge is 2.26. The molecule has 0 unspecified atom stereocenters. The van der Waals surface area contributed by atoms with Crippen molar-refractivity contribution in [3.63, 3.8) is 0 Å². The third-order valence-electron chi connectivity index (χ3n) is 9.46. The van der Waals surface area contributed by atoms with Gasteiger partial charge in [-0.1, -0.05) is 102 Å². The molecule has 0 aliphatic heterocycles. The van der Waals surface area contributed by atoms with Crippen LogP contribution in [0, 0.1) is 0 Å². The van der Waals surface area contributed by atoms with E-state index in [1.165, 1.54) is 43.1 Å². The van der Waals surface area contributed by atoms with Crippen molar-refractivity contribution in [3.05, 3.63) is 172 Å². The molecule has 6 aromatic rings. The molecule has 0 radical (unpaired) electrons. The Bertz CT molecular complexity index is 2660. The van der Waals surface area contributed by atoms with Gasteiger partial charge in [0.15, 0.2) is 23.2 Å². The first-order valence-corrected chi connectivity index (χ1v) is 22.0. The Balaban J connectivity index is 0.000000177. The number of nitrogens with zero attached hydrogens (tertiary/aromatic N) is 2. The summed E-state index contributed by atoms with van der Waals surface area (Å²) in [4.78, 5) is 34.0. The van der Waals surface area contributed by atoms with Crippen LogP contribution in [0.4, 0.5) is 11.6 Å². The molecular formula is C43H36Cl2N4O7S2. The van der Waals surface area contributed by atoms with Gasteiger partial charge >= 0.3 is 0 Å². The maximum atomic E-state index is 12.9. The van der Waals surface area contributed by atoms with Crippen molar-refractivity contribution in [1.82, 2.24) is 9.97 Å². The van der Waals surface area contributed by atoms with Crippen LogP contribution < -0.4 is 14.2 Å². The summed E-state index contributed by atoms with van der Waals surface area (Å²) in [5, 5.41) is 0.478. The van der Waals surface area contributed by atoms with Crippen molar-refractivity contribution < 1.29 is 31.2 Å². The molecule has 296 valence electrons. The van der Waals surface area contributed by atoms with Gasteiger partial charge in [0.1, 0.15) is 5.75 Å². The molecule has 2 saturated carbocycles. The first-order chi connectivity index (χ1) is 27.9. The molecule has 2 N–H and O–H groups in total. The summed E-state index contributed by atoms with van der Waals surface area (Å²) in [5.74, 6) is 0.266. The second-order valence-electron chi connectivity index (χ2n) is 13.7. The van der Waals surface area contributed by atoms with Crippen molar-refractivity contribution in [2.45, 2.75) is 53.9 Å². The summed E-state index contributed by atoms with van der Waals surface area (Å²) in [6.45, 7) is 0. The SMILES string of the molecule is O=C(c1ccccc1)c1cc(Cl)cnc1NS(=O)(=O)c1ccc(C2CCC2)cc1.O=C(c1ccccc1)c1cc(Cl)cnc1NS(=O)(=O)c1ccc(OC2CC2)cc1. The minimum absolute atomic E-state index is 0.0375. The number of anilines is 2. The van der Waals surface area contributed by atoms with E-state index >= 15 is 0 Å². The van der Waals surface area contributed by atoms with E-state index in [9.17, 15) is 26.4 Å². The van der Waals surface area contributed by atoms with Crippen LogP contribution in [-0.4, -0.2) is 44.5 Å². The Labute approximate surface area is 346 Å². The molecule has 58 heavy (non-hydrogen) atoms. The van der Waals surface area contributed by atoms with Gasteiger partial charge in [0.05, 0.1) is 37.1 Å². The number of halogens is 2. The molecule has 0 saturated heterocycles. The monoisotopic (exact) mass is 854 g/mol. The van der Waals surface area contributed by atoms with Gasteiger partial charge in [0, 0.05) is 23.5 Å². The molecule has 0 amide bonds. The number of carbonyl (C=O) groups is 2. The van der Waals surface area contributed by atoms with Crippen LogP contribution in [0.5, 0.6) is 5.75 Å². The van der Waals surface area contributed by atoms with Crippen LogP contribution >= 0.6 is 23.2 Å². The van der Waals surface area contributed by atoms with Crippen molar-refractivity contribution in [3.8, 4) is 5.75 Å². The zero-order chi connectivity index (χ0) is 40.9. The fraction of sp³-hybridized carbons (Fsp3) is 0.163. The van der Waals surface area contributed by atoms with Crippen molar-refractivity contribution >= 4 is 66.5 Å². The van der Waals surface area contributed by atoms with Gasteiger partial charge in [-0.3, -0.25) is 19.0 Å². The van der Waals surface area contributed by atoms with Crippen LogP contribution in [0.15, 0.2) is 144 Å². The highest BCUT2D eigenvalue weighted by atomic mass is 35.5. The van der Waals surface area contributed by atoms with Gasteiger partial charge in [0.25, 0.3) is 20.0 Å². The Hall–Kier alpha value is -5.60. The van der Waals surface area contributed by atoms with E-state index in [1.54, 1.807) is 84.9 Å². The minimum Gasteiger partial charge on any atom is -0.490 e. The average Bonchev–Trinajstić information content (AvgIpc) is 4.03. The summed E-state index contributed by atoms with van der Waals surface area (Å²) < 4.78 is 61.8. The molecule has 0 bridgehead atoms. The largest absolute Gasteiger partial charge is 0.490 e. The van der Waals surface area contributed by atoms with Crippen molar-refractivity contribution in [2.24, 2.45) is 0 Å². The van der Waals surface area contributed by atoms with Gasteiger partial charge in [-0.2, -0.15) is 0 Å². The molecule has 2 fully saturated rings. The zero-order valence-corrected chi connectivity index (χ0v) is 33.9. The molecule has 2 heterocycles. The fourth-order valence-corrected chi connectivity index (χ4v) is 8.36. The predicted molar refractivity (Wildman–Crippen MR) is 223 cm³/mol. The van der Waals surface area contributed by atoms with E-state index in [2.05, 4.69) is 19.4 Å². The number of nitrogens with one attached hydrogen (secondary N) is 2. The molecule has 11 nitrogen and oxygen atoms in total. The summed E-state index contributed by atoms with van der Waals surface area (Å²) in [6.07, 6.45) is 8.35. The van der Waals surface area contributed by atoms with Gasteiger partial charge in [0.2, 0.25) is 0 Å². The number of hydrogen-bond donors (Lipinski definition) is 2. The summed E-state index contributed by atoms with van der Waals surface area (Å²) in [7, 11) is -7.86. The second-order valence-corrected chi connectivity index (χ2v) is 17.9. The number of sulfonamides is 2. The minimum atomic E-state index is -3.96. The molecule has 8 rings (SSSR count). The summed E-state index contributed by atoms with van der Waals surface area (Å²) in [5.41, 5.74) is 2.14. The predicted octanol–water partition coefficient (Wildman–Crippen LogP) is 9.34. The molecule has 4 aromatic carbocycles. The third kappa shape index (κ3) is 9.91. The molecule has 15 heteroatoms. The lowest BCUT2D eigenvalue weighted by molar-refractivity contribution is 0.103. The average molecular weight is 856 g/mol. The highest BCUT2D eigenvalue weighted by molar-refractivity contribution is 7.93. The topological polar surface area (TPSA) is 161 Å². The van der Waals surface area contributed by atoms with Crippen LogP contribution in [-0.2, 0) is 20.0 Å². The first-order valence-electron chi connectivity index (χ1n) is 18.3. The maximum Gasteiger partial charge on any atom is 0.263 e. The smallest absolute Gasteiger partial charge is 0.263 e. The first kappa shape index (κ1) is 40.6. The van der Waals surface area contributed by atoms with Crippen LogP contribution in [0.1, 0.15) is 75.4 Å².